The monoisotopic (exact) mass is 538 g/mol. The van der Waals surface area contributed by atoms with Crippen LogP contribution in [0, 0.1) is 0 Å². The van der Waals surface area contributed by atoms with Gasteiger partial charge >= 0.3 is 0 Å². The Hall–Kier alpha value is -4.64. The molecule has 0 atom stereocenters. The summed E-state index contributed by atoms with van der Waals surface area (Å²) in [6, 6.07) is 14.7. The summed E-state index contributed by atoms with van der Waals surface area (Å²) >= 11 is 0. The van der Waals surface area contributed by atoms with E-state index in [9.17, 15) is 18.3 Å². The minimum atomic E-state index is -4.42. The van der Waals surface area contributed by atoms with Gasteiger partial charge in [0.2, 0.25) is 0 Å². The predicted octanol–water partition coefficient (Wildman–Crippen LogP) is 5.16. The summed E-state index contributed by atoms with van der Waals surface area (Å²) in [5.41, 5.74) is 0.866. The van der Waals surface area contributed by atoms with Gasteiger partial charge in [-0.2, -0.15) is 0 Å². The number of nitrogens with one attached hydrogen (secondary N) is 2. The molecule has 4 rings (SSSR count). The van der Waals surface area contributed by atoms with Crippen LogP contribution < -0.4 is 24.2 Å². The molecule has 3 N–H and O–H groups in total. The van der Waals surface area contributed by atoms with Gasteiger partial charge in [0.25, 0.3) is 10.0 Å². The van der Waals surface area contributed by atoms with Crippen LogP contribution in [0.15, 0.2) is 81.9 Å². The summed E-state index contributed by atoms with van der Waals surface area (Å²) in [6.07, 6.45) is 2.49. The fourth-order valence-corrected chi connectivity index (χ4v) is 5.20. The highest BCUT2D eigenvalue weighted by atomic mass is 32.2. The highest BCUT2D eigenvalue weighted by molar-refractivity contribution is 7.93. The summed E-state index contributed by atoms with van der Waals surface area (Å²) in [4.78, 5) is 12.8. The lowest BCUT2D eigenvalue weighted by Gasteiger charge is -2.16. The third-order valence-corrected chi connectivity index (χ3v) is 7.06. The van der Waals surface area contributed by atoms with E-state index in [1.54, 1.807) is 50.4 Å². The fraction of sp³-hybridized carbons (Fsp3) is 0.148. The van der Waals surface area contributed by atoms with Crippen LogP contribution in [0.4, 0.5) is 11.4 Å². The fourth-order valence-electron chi connectivity index (χ4n) is 3.89. The van der Waals surface area contributed by atoms with Crippen molar-refractivity contribution in [1.82, 2.24) is 0 Å². The molecule has 0 unspecified atom stereocenters. The number of allylic oxidation sites excluding steroid dienone is 2. The second-order valence-corrected chi connectivity index (χ2v) is 9.75. The van der Waals surface area contributed by atoms with Crippen molar-refractivity contribution in [2.24, 2.45) is 0 Å². The van der Waals surface area contributed by atoms with Crippen molar-refractivity contribution in [2.45, 2.75) is 11.8 Å². The van der Waals surface area contributed by atoms with Crippen molar-refractivity contribution in [3.8, 4) is 23.0 Å². The molecule has 0 spiro atoms. The lowest BCUT2D eigenvalue weighted by Crippen LogP contribution is -2.15. The van der Waals surface area contributed by atoms with Gasteiger partial charge in [0.15, 0.2) is 22.0 Å². The molecule has 0 saturated heterocycles. The maximum absolute atomic E-state index is 13.4. The number of hydrogen-bond acceptors (Lipinski definition) is 9. The number of sulfonamides is 1. The van der Waals surface area contributed by atoms with Gasteiger partial charge < -0.3 is 29.1 Å². The number of hydrogen-bond donors (Lipinski definition) is 3. The molecular weight excluding hydrogens is 512 g/mol. The van der Waals surface area contributed by atoms with Crippen LogP contribution in [0.5, 0.6) is 23.0 Å². The average Bonchev–Trinajstić information content (AvgIpc) is 3.37. The standard InChI is InChI=1S/C27H26N2O8S/c1-16(28-17-5-9-19(34-2)10-6-17)15-22(30)23-24(31)27(26-21(13-14-37-26)25(23)36-4)38(32,33)29-18-7-11-20(35-3)12-8-18/h5-15,28-29,31H,1-4H3/b16-15-. The molecule has 0 radical (unpaired) electrons. The number of phenolic OH excluding ortho intramolecular Hbond substituents is 1. The smallest absolute Gasteiger partial charge is 0.269 e. The lowest BCUT2D eigenvalue weighted by molar-refractivity contribution is 0.104. The average molecular weight is 539 g/mol. The maximum Gasteiger partial charge on any atom is 0.269 e. The number of phenols is 1. The third kappa shape index (κ3) is 5.23. The van der Waals surface area contributed by atoms with Gasteiger partial charge in [-0.25, -0.2) is 8.42 Å². The summed E-state index contributed by atoms with van der Waals surface area (Å²) in [7, 11) is -0.0528. The first-order valence-corrected chi connectivity index (χ1v) is 12.8. The largest absolute Gasteiger partial charge is 0.505 e. The molecule has 38 heavy (non-hydrogen) atoms. The van der Waals surface area contributed by atoms with E-state index in [1.807, 2.05) is 0 Å². The van der Waals surface area contributed by atoms with E-state index >= 15 is 0 Å². The number of ketones is 1. The summed E-state index contributed by atoms with van der Waals surface area (Å²) in [5, 5.41) is 14.5. The number of aromatic hydroxyl groups is 1. The van der Waals surface area contributed by atoms with E-state index in [2.05, 4.69) is 10.0 Å². The molecule has 0 bridgehead atoms. The van der Waals surface area contributed by atoms with Crippen molar-refractivity contribution < 1.29 is 36.9 Å². The summed E-state index contributed by atoms with van der Waals surface area (Å²) in [5.74, 6) is -0.293. The van der Waals surface area contributed by atoms with Crippen molar-refractivity contribution in [2.75, 3.05) is 31.4 Å². The van der Waals surface area contributed by atoms with Crippen LogP contribution >= 0.6 is 0 Å². The van der Waals surface area contributed by atoms with E-state index in [0.717, 1.165) is 0 Å². The van der Waals surface area contributed by atoms with Crippen molar-refractivity contribution in [3.05, 3.63) is 78.2 Å². The van der Waals surface area contributed by atoms with E-state index in [4.69, 9.17) is 18.6 Å². The molecule has 0 amide bonds. The van der Waals surface area contributed by atoms with E-state index < -0.39 is 26.5 Å². The normalized spacial score (nSPS) is 11.7. The van der Waals surface area contributed by atoms with Crippen LogP contribution in [0.1, 0.15) is 17.3 Å². The summed E-state index contributed by atoms with van der Waals surface area (Å²) in [6.45, 7) is 1.66. The Labute approximate surface area is 219 Å². The Morgan fingerprint density at radius 3 is 2.03 bits per heavy atom. The van der Waals surface area contributed by atoms with Crippen molar-refractivity contribution in [3.63, 3.8) is 0 Å². The number of methoxy groups -OCH3 is 3. The third-order valence-electron chi connectivity index (χ3n) is 5.64. The van der Waals surface area contributed by atoms with Crippen molar-refractivity contribution >= 4 is 38.2 Å². The van der Waals surface area contributed by atoms with Crippen LogP contribution in [0.25, 0.3) is 11.0 Å². The van der Waals surface area contributed by atoms with Crippen LogP contribution in [-0.4, -0.2) is 40.6 Å². The van der Waals surface area contributed by atoms with E-state index in [1.165, 1.54) is 44.8 Å². The highest BCUT2D eigenvalue weighted by Crippen LogP contribution is 2.44. The Balaban J connectivity index is 1.76. The maximum atomic E-state index is 13.4. The van der Waals surface area contributed by atoms with Crippen LogP contribution in [0.3, 0.4) is 0 Å². The molecule has 3 aromatic carbocycles. The number of rotatable bonds is 10. The Morgan fingerprint density at radius 2 is 1.47 bits per heavy atom. The first-order valence-electron chi connectivity index (χ1n) is 11.3. The van der Waals surface area contributed by atoms with Gasteiger partial charge in [0.05, 0.1) is 33.0 Å². The molecule has 11 heteroatoms. The van der Waals surface area contributed by atoms with Crippen LogP contribution in [-0.2, 0) is 10.0 Å². The molecule has 0 saturated carbocycles. The molecule has 1 heterocycles. The molecule has 4 aromatic rings. The number of benzene rings is 3. The molecule has 0 fully saturated rings. The number of fused-ring (bicyclic) bond motifs is 1. The van der Waals surface area contributed by atoms with Crippen LogP contribution in [0.2, 0.25) is 0 Å². The number of carbonyl (C=O) groups excluding carboxylic acids is 1. The molecule has 1 aromatic heterocycles. The minimum Gasteiger partial charge on any atom is -0.505 e. The lowest BCUT2D eigenvalue weighted by atomic mass is 10.0. The highest BCUT2D eigenvalue weighted by Gasteiger charge is 2.33. The van der Waals surface area contributed by atoms with Crippen molar-refractivity contribution in [1.29, 1.82) is 0 Å². The zero-order chi connectivity index (χ0) is 27.4. The number of furan rings is 1. The first-order chi connectivity index (χ1) is 18.2. The quantitative estimate of drug-likeness (QED) is 0.185. The molecule has 10 nitrogen and oxygen atoms in total. The SMILES string of the molecule is COc1ccc(N/C(C)=C\C(=O)c2c(O)c(S(=O)(=O)Nc3ccc(OC)cc3)c3occc3c2OC)cc1. The Kier molecular flexibility index (Phi) is 7.49. The summed E-state index contributed by atoms with van der Waals surface area (Å²) < 4.78 is 50.3. The zero-order valence-corrected chi connectivity index (χ0v) is 21.9. The second kappa shape index (κ2) is 10.8. The minimum absolute atomic E-state index is 0.0202. The molecular formula is C27H26N2O8S. The first kappa shape index (κ1) is 26.4. The van der Waals surface area contributed by atoms with Gasteiger partial charge in [-0.05, 0) is 61.5 Å². The molecule has 0 aliphatic rings. The van der Waals surface area contributed by atoms with Gasteiger partial charge in [0.1, 0.15) is 22.8 Å². The van der Waals surface area contributed by atoms with Gasteiger partial charge in [-0.3, -0.25) is 9.52 Å². The zero-order valence-electron chi connectivity index (χ0n) is 21.1. The van der Waals surface area contributed by atoms with E-state index in [0.29, 0.717) is 22.9 Å². The predicted molar refractivity (Wildman–Crippen MR) is 143 cm³/mol. The number of carbonyl (C=O) groups is 1. The molecule has 0 aliphatic carbocycles. The topological polar surface area (TPSA) is 136 Å². The number of ether oxygens (including phenoxy) is 3. The van der Waals surface area contributed by atoms with Gasteiger partial charge in [-0.15, -0.1) is 0 Å². The van der Waals surface area contributed by atoms with E-state index in [-0.39, 0.29) is 28.0 Å². The second-order valence-electron chi connectivity index (χ2n) is 8.13. The van der Waals surface area contributed by atoms with Gasteiger partial charge in [-0.1, -0.05) is 0 Å². The van der Waals surface area contributed by atoms with Gasteiger partial charge in [0, 0.05) is 23.1 Å². The Morgan fingerprint density at radius 1 is 0.895 bits per heavy atom. The Bertz CT molecular complexity index is 1610. The molecule has 198 valence electrons. The molecule has 0 aliphatic heterocycles. The number of anilines is 2.